The predicted molar refractivity (Wildman–Crippen MR) is 98.7 cm³/mol. The van der Waals surface area contributed by atoms with Gasteiger partial charge < -0.3 is 4.98 Å². The summed E-state index contributed by atoms with van der Waals surface area (Å²) >= 11 is 3.37. The minimum atomic E-state index is -0.0283. The Morgan fingerprint density at radius 3 is 2.74 bits per heavy atom. The van der Waals surface area contributed by atoms with E-state index in [2.05, 4.69) is 42.2 Å². The van der Waals surface area contributed by atoms with E-state index in [0.29, 0.717) is 0 Å². The van der Waals surface area contributed by atoms with Crippen molar-refractivity contribution in [2.24, 2.45) is 0 Å². The van der Waals surface area contributed by atoms with Crippen molar-refractivity contribution in [1.29, 1.82) is 0 Å². The van der Waals surface area contributed by atoms with E-state index in [4.69, 9.17) is 4.98 Å². The Balaban J connectivity index is 1.93. The highest BCUT2D eigenvalue weighted by atomic mass is 32.1. The number of hydrogen-bond acceptors (Lipinski definition) is 5. The quantitative estimate of drug-likeness (QED) is 0.771. The molecule has 0 saturated carbocycles. The Hall–Kier alpha value is -1.50. The van der Waals surface area contributed by atoms with Crippen LogP contribution in [0.4, 0.5) is 0 Å². The number of thiophene rings is 2. The molecular weight excluding hydrogens is 326 g/mol. The first-order chi connectivity index (χ1) is 10.9. The van der Waals surface area contributed by atoms with Crippen LogP contribution in [0.25, 0.3) is 10.2 Å². The lowest BCUT2D eigenvalue weighted by molar-refractivity contribution is 0.245. The molecule has 0 fully saturated rings. The monoisotopic (exact) mass is 347 g/mol. The standard InChI is InChI=1S/C17H21N3OS2/c1-9-6-7-22-13(9)8-20(5)11(3)15-18-16(21)14-10(2)12(4)23-17(14)19-15/h6-7,11H,8H2,1-5H3,(H,18,19,21). The third-order valence-corrected chi connectivity index (χ3v) is 6.58. The second kappa shape index (κ2) is 6.19. The zero-order chi connectivity index (χ0) is 16.7. The van der Waals surface area contributed by atoms with Gasteiger partial charge >= 0.3 is 0 Å². The van der Waals surface area contributed by atoms with Crippen LogP contribution >= 0.6 is 22.7 Å². The van der Waals surface area contributed by atoms with Crippen LogP contribution in [0.3, 0.4) is 0 Å². The molecule has 0 spiro atoms. The van der Waals surface area contributed by atoms with Crippen LogP contribution in [0.1, 0.15) is 39.7 Å². The number of nitrogens with one attached hydrogen (secondary N) is 1. The van der Waals surface area contributed by atoms with Crippen LogP contribution in [0.15, 0.2) is 16.2 Å². The van der Waals surface area contributed by atoms with Gasteiger partial charge in [-0.3, -0.25) is 9.69 Å². The van der Waals surface area contributed by atoms with Crippen molar-refractivity contribution in [2.75, 3.05) is 7.05 Å². The summed E-state index contributed by atoms with van der Waals surface area (Å²) in [5, 5.41) is 2.85. The maximum Gasteiger partial charge on any atom is 0.259 e. The molecule has 122 valence electrons. The van der Waals surface area contributed by atoms with Gasteiger partial charge in [0.25, 0.3) is 5.56 Å². The summed E-state index contributed by atoms with van der Waals surface area (Å²) in [7, 11) is 2.07. The zero-order valence-corrected chi connectivity index (χ0v) is 15.7. The van der Waals surface area contributed by atoms with Crippen molar-refractivity contribution in [3.63, 3.8) is 0 Å². The normalized spacial score (nSPS) is 13.1. The first-order valence-electron chi connectivity index (χ1n) is 7.61. The van der Waals surface area contributed by atoms with Crippen LogP contribution in [0.2, 0.25) is 0 Å². The molecule has 0 amide bonds. The van der Waals surface area contributed by atoms with Gasteiger partial charge in [-0.1, -0.05) is 0 Å². The van der Waals surface area contributed by atoms with E-state index in [9.17, 15) is 4.79 Å². The van der Waals surface area contributed by atoms with E-state index in [-0.39, 0.29) is 11.6 Å². The average molecular weight is 348 g/mol. The van der Waals surface area contributed by atoms with E-state index < -0.39 is 0 Å². The number of fused-ring (bicyclic) bond motifs is 1. The highest BCUT2D eigenvalue weighted by molar-refractivity contribution is 7.18. The first-order valence-corrected chi connectivity index (χ1v) is 9.31. The molecule has 3 heterocycles. The molecule has 23 heavy (non-hydrogen) atoms. The van der Waals surface area contributed by atoms with Gasteiger partial charge in [0.1, 0.15) is 10.7 Å². The van der Waals surface area contributed by atoms with Crippen molar-refractivity contribution in [1.82, 2.24) is 14.9 Å². The van der Waals surface area contributed by atoms with Gasteiger partial charge in [-0.15, -0.1) is 22.7 Å². The van der Waals surface area contributed by atoms with Crippen LogP contribution in [0, 0.1) is 20.8 Å². The Labute approximate surface area is 143 Å². The van der Waals surface area contributed by atoms with E-state index >= 15 is 0 Å². The van der Waals surface area contributed by atoms with Gasteiger partial charge in [0.05, 0.1) is 11.4 Å². The van der Waals surface area contributed by atoms with Crippen molar-refractivity contribution in [3.05, 3.63) is 48.5 Å². The Morgan fingerprint density at radius 1 is 1.35 bits per heavy atom. The van der Waals surface area contributed by atoms with Crippen LogP contribution < -0.4 is 5.56 Å². The molecule has 1 unspecified atom stereocenters. The molecule has 3 rings (SSSR count). The Kier molecular flexibility index (Phi) is 4.40. The van der Waals surface area contributed by atoms with Gasteiger partial charge in [-0.2, -0.15) is 0 Å². The number of hydrogen-bond donors (Lipinski definition) is 1. The molecule has 0 saturated heterocycles. The molecule has 0 bridgehead atoms. The number of H-pyrrole nitrogens is 1. The summed E-state index contributed by atoms with van der Waals surface area (Å²) in [4.78, 5) is 25.7. The van der Waals surface area contributed by atoms with E-state index in [1.165, 1.54) is 10.4 Å². The molecule has 0 radical (unpaired) electrons. The topological polar surface area (TPSA) is 49.0 Å². The molecular formula is C17H21N3OS2. The predicted octanol–water partition coefficient (Wildman–Crippen LogP) is 4.16. The fraction of sp³-hybridized carbons (Fsp3) is 0.412. The van der Waals surface area contributed by atoms with Crippen molar-refractivity contribution in [2.45, 2.75) is 40.3 Å². The SMILES string of the molecule is Cc1ccsc1CN(C)C(C)c1nc2sc(C)c(C)c2c(=O)[nH]1. The van der Waals surface area contributed by atoms with E-state index in [1.807, 2.05) is 13.8 Å². The molecule has 1 N–H and O–H groups in total. The summed E-state index contributed by atoms with van der Waals surface area (Å²) in [6.07, 6.45) is 0. The molecule has 1 atom stereocenters. The molecule has 0 aliphatic carbocycles. The fourth-order valence-corrected chi connectivity index (χ4v) is 4.61. The second-order valence-electron chi connectivity index (χ2n) is 6.03. The minimum Gasteiger partial charge on any atom is -0.309 e. The number of aryl methyl sites for hydroxylation is 3. The van der Waals surface area contributed by atoms with Gasteiger partial charge in [0.2, 0.25) is 0 Å². The first kappa shape index (κ1) is 16.4. The number of aromatic nitrogens is 2. The third-order valence-electron chi connectivity index (χ3n) is 4.48. The third kappa shape index (κ3) is 2.98. The summed E-state index contributed by atoms with van der Waals surface area (Å²) in [6, 6.07) is 2.19. The molecule has 4 nitrogen and oxygen atoms in total. The minimum absolute atomic E-state index is 0.0283. The molecule has 0 aromatic carbocycles. The lowest BCUT2D eigenvalue weighted by Crippen LogP contribution is -2.25. The molecule has 3 aromatic rings. The van der Waals surface area contributed by atoms with Gasteiger partial charge in [0, 0.05) is 16.3 Å². The highest BCUT2D eigenvalue weighted by Crippen LogP contribution is 2.28. The maximum atomic E-state index is 12.4. The molecule has 0 aliphatic rings. The van der Waals surface area contributed by atoms with Gasteiger partial charge in [-0.25, -0.2) is 4.98 Å². The molecule has 0 aliphatic heterocycles. The molecule has 6 heteroatoms. The van der Waals surface area contributed by atoms with Crippen molar-refractivity contribution >= 4 is 32.9 Å². The smallest absolute Gasteiger partial charge is 0.259 e. The van der Waals surface area contributed by atoms with E-state index in [0.717, 1.165) is 33.0 Å². The number of nitrogens with zero attached hydrogens (tertiary/aromatic N) is 2. The lowest BCUT2D eigenvalue weighted by Gasteiger charge is -2.23. The Bertz CT molecular complexity index is 906. The lowest BCUT2D eigenvalue weighted by atomic mass is 10.2. The van der Waals surface area contributed by atoms with Crippen molar-refractivity contribution < 1.29 is 0 Å². The van der Waals surface area contributed by atoms with Crippen molar-refractivity contribution in [3.8, 4) is 0 Å². The van der Waals surface area contributed by atoms with E-state index in [1.54, 1.807) is 22.7 Å². The largest absolute Gasteiger partial charge is 0.309 e. The summed E-state index contributed by atoms with van der Waals surface area (Å²) < 4.78 is 0. The molecule has 3 aromatic heterocycles. The average Bonchev–Trinajstić information content (AvgIpc) is 3.02. The summed E-state index contributed by atoms with van der Waals surface area (Å²) in [5.74, 6) is 0.737. The Morgan fingerprint density at radius 2 is 2.09 bits per heavy atom. The summed E-state index contributed by atoms with van der Waals surface area (Å²) in [5.41, 5.74) is 2.33. The van der Waals surface area contributed by atoms with Crippen LogP contribution in [-0.2, 0) is 6.54 Å². The number of rotatable bonds is 4. The van der Waals surface area contributed by atoms with Gasteiger partial charge in [0.15, 0.2) is 0 Å². The van der Waals surface area contributed by atoms with Gasteiger partial charge in [-0.05, 0) is 57.3 Å². The van der Waals surface area contributed by atoms with Crippen LogP contribution in [0.5, 0.6) is 0 Å². The highest BCUT2D eigenvalue weighted by Gasteiger charge is 2.19. The maximum absolute atomic E-state index is 12.4. The fourth-order valence-electron chi connectivity index (χ4n) is 2.61. The zero-order valence-electron chi connectivity index (χ0n) is 14.1. The number of aromatic amines is 1. The summed E-state index contributed by atoms with van der Waals surface area (Å²) in [6.45, 7) is 9.10. The second-order valence-corrected chi connectivity index (χ2v) is 8.24. The van der Waals surface area contributed by atoms with Crippen LogP contribution in [-0.4, -0.2) is 21.9 Å².